The predicted octanol–water partition coefficient (Wildman–Crippen LogP) is 3.04. The number of hydrogen-bond acceptors (Lipinski definition) is 5. The Morgan fingerprint density at radius 1 is 1.08 bits per heavy atom. The first-order chi connectivity index (χ1) is 11.7. The smallest absolute Gasteiger partial charge is 0.181 e. The molecule has 0 fully saturated rings. The molecule has 142 valence electrons. The number of ketones is 1. The van der Waals surface area contributed by atoms with Gasteiger partial charge >= 0.3 is 0 Å². The fourth-order valence-electron chi connectivity index (χ4n) is 2.50. The third kappa shape index (κ3) is 4.38. The standard InChI is InChI=1S/C19H28N4O2S/c1-18(2,3)11-14(15(26(7,8)25)16(24)19(4,5)6)23-17-13(12-22-23)20-9-10-21-17/h9-12H,1-8H3/b14-11+. The maximum atomic E-state index is 13.2. The number of allylic oxidation sites excluding steroid dienone is 2. The lowest BCUT2D eigenvalue weighted by Gasteiger charge is -2.24. The van der Waals surface area contributed by atoms with Crippen LogP contribution in [0.5, 0.6) is 0 Å². The van der Waals surface area contributed by atoms with Crippen LogP contribution in [0, 0.1) is 10.8 Å². The van der Waals surface area contributed by atoms with Crippen molar-refractivity contribution in [3.8, 4) is 0 Å². The molecule has 0 atom stereocenters. The summed E-state index contributed by atoms with van der Waals surface area (Å²) in [6.07, 6.45) is 9.90. The number of aromatic nitrogens is 4. The third-order valence-corrected chi connectivity index (χ3v) is 4.99. The first-order valence-electron chi connectivity index (χ1n) is 8.46. The normalized spacial score (nSPS) is 13.9. The third-order valence-electron chi connectivity index (χ3n) is 3.61. The van der Waals surface area contributed by atoms with Crippen molar-refractivity contribution in [2.24, 2.45) is 10.8 Å². The Bertz CT molecular complexity index is 986. The van der Waals surface area contributed by atoms with Gasteiger partial charge in [-0.25, -0.2) is 14.6 Å². The van der Waals surface area contributed by atoms with Gasteiger partial charge in [0, 0.05) is 30.3 Å². The zero-order valence-electron chi connectivity index (χ0n) is 16.8. The van der Waals surface area contributed by atoms with Gasteiger partial charge in [-0.2, -0.15) is 5.10 Å². The lowest BCUT2D eigenvalue weighted by molar-refractivity contribution is -0.119. The molecule has 0 amide bonds. The first-order valence-corrected chi connectivity index (χ1v) is 10.8. The Balaban J connectivity index is 2.92. The molecule has 26 heavy (non-hydrogen) atoms. The molecule has 0 radical (unpaired) electrons. The van der Waals surface area contributed by atoms with Crippen molar-refractivity contribution in [3.05, 3.63) is 24.7 Å². The molecule has 0 saturated carbocycles. The van der Waals surface area contributed by atoms with Gasteiger partial charge in [0.05, 0.1) is 16.8 Å². The Labute approximate surface area is 155 Å². The lowest BCUT2D eigenvalue weighted by atomic mass is 9.86. The van der Waals surface area contributed by atoms with Gasteiger partial charge in [0.15, 0.2) is 11.4 Å². The number of hydrogen-bond donors (Lipinski definition) is 0. The molecule has 0 aromatic carbocycles. The summed E-state index contributed by atoms with van der Waals surface area (Å²) in [5, 5.41) is 4.40. The second-order valence-electron chi connectivity index (χ2n) is 8.86. The van der Waals surface area contributed by atoms with Gasteiger partial charge < -0.3 is 0 Å². The Morgan fingerprint density at radius 3 is 2.15 bits per heavy atom. The van der Waals surface area contributed by atoms with E-state index >= 15 is 0 Å². The zero-order valence-corrected chi connectivity index (χ0v) is 17.6. The van der Waals surface area contributed by atoms with Crippen LogP contribution in [0.1, 0.15) is 41.5 Å². The number of nitrogens with zero attached hydrogens (tertiary/aromatic N) is 4. The summed E-state index contributed by atoms with van der Waals surface area (Å²) in [5.41, 5.74) is 0.738. The zero-order chi connectivity index (χ0) is 19.9. The predicted molar refractivity (Wildman–Crippen MR) is 109 cm³/mol. The van der Waals surface area contributed by atoms with Gasteiger partial charge in [-0.3, -0.25) is 9.00 Å². The van der Waals surface area contributed by atoms with E-state index in [4.69, 9.17) is 0 Å². The van der Waals surface area contributed by atoms with E-state index in [1.54, 1.807) is 35.8 Å². The molecular weight excluding hydrogens is 348 g/mol. The molecule has 0 bridgehead atoms. The largest absolute Gasteiger partial charge is 0.293 e. The van der Waals surface area contributed by atoms with Crippen LogP contribution in [0.15, 0.2) is 24.7 Å². The van der Waals surface area contributed by atoms with Gasteiger partial charge in [0.2, 0.25) is 0 Å². The van der Waals surface area contributed by atoms with E-state index in [0.717, 1.165) is 0 Å². The van der Waals surface area contributed by atoms with Crippen LogP contribution in [0.2, 0.25) is 0 Å². The summed E-state index contributed by atoms with van der Waals surface area (Å²) in [4.78, 5) is 22.1. The van der Waals surface area contributed by atoms with E-state index in [0.29, 0.717) is 16.9 Å². The highest BCUT2D eigenvalue weighted by Crippen LogP contribution is 2.27. The second-order valence-corrected chi connectivity index (χ2v) is 11.7. The van der Waals surface area contributed by atoms with E-state index in [9.17, 15) is 9.00 Å². The SMILES string of the molecule is CC(C)(C)/C=C(\C(C(=O)C(C)(C)C)=S(C)(C)=O)n1ncc2nccnc21. The molecule has 2 rings (SSSR count). The summed E-state index contributed by atoms with van der Waals surface area (Å²) in [5.74, 6) is -0.157. The van der Waals surface area contributed by atoms with Crippen LogP contribution in [0.25, 0.3) is 16.9 Å². The maximum Gasteiger partial charge on any atom is 0.181 e. The van der Waals surface area contributed by atoms with Crippen LogP contribution in [0.3, 0.4) is 0 Å². The Kier molecular flexibility index (Phi) is 5.16. The molecule has 0 aliphatic heterocycles. The average Bonchev–Trinajstić information content (AvgIpc) is 2.86. The van der Waals surface area contributed by atoms with Crippen molar-refractivity contribution >= 4 is 37.0 Å². The number of Topliss-reactive ketones (excluding diaryl/α,β-unsaturated/α-hetero) is 1. The van der Waals surface area contributed by atoms with Crippen LogP contribution in [-0.4, -0.2) is 47.1 Å². The van der Waals surface area contributed by atoms with Crippen molar-refractivity contribution < 1.29 is 9.00 Å². The molecule has 0 aliphatic rings. The molecular formula is C19H28N4O2S. The van der Waals surface area contributed by atoms with Crippen LogP contribution in [-0.2, 0) is 14.3 Å². The van der Waals surface area contributed by atoms with E-state index < -0.39 is 14.9 Å². The highest BCUT2D eigenvalue weighted by Gasteiger charge is 2.33. The van der Waals surface area contributed by atoms with Gasteiger partial charge in [-0.15, -0.1) is 0 Å². The van der Waals surface area contributed by atoms with Crippen molar-refractivity contribution in [2.45, 2.75) is 41.5 Å². The summed E-state index contributed by atoms with van der Waals surface area (Å²) in [6.45, 7) is 11.6. The molecule has 0 unspecified atom stereocenters. The molecule has 0 N–H and O–H groups in total. The van der Waals surface area contributed by atoms with Crippen molar-refractivity contribution in [3.63, 3.8) is 0 Å². The van der Waals surface area contributed by atoms with Crippen molar-refractivity contribution in [1.29, 1.82) is 0 Å². The summed E-state index contributed by atoms with van der Waals surface area (Å²) < 4.78 is 14.7. The lowest BCUT2D eigenvalue weighted by Crippen LogP contribution is -2.35. The molecule has 2 aromatic heterocycles. The number of fused-ring (bicyclic) bond motifs is 1. The monoisotopic (exact) mass is 376 g/mol. The second kappa shape index (κ2) is 6.61. The molecule has 2 heterocycles. The van der Waals surface area contributed by atoms with E-state index in [1.165, 1.54) is 0 Å². The van der Waals surface area contributed by atoms with Gasteiger partial charge in [0.1, 0.15) is 5.52 Å². The molecule has 0 spiro atoms. The van der Waals surface area contributed by atoms with E-state index in [2.05, 4.69) is 15.1 Å². The van der Waals surface area contributed by atoms with Gasteiger partial charge in [0.25, 0.3) is 0 Å². The van der Waals surface area contributed by atoms with Gasteiger partial charge in [-0.1, -0.05) is 47.6 Å². The topological polar surface area (TPSA) is 77.7 Å². The molecule has 0 saturated heterocycles. The van der Waals surface area contributed by atoms with Crippen molar-refractivity contribution in [1.82, 2.24) is 19.7 Å². The molecule has 6 nitrogen and oxygen atoms in total. The number of carbonyl (C=O) groups excluding carboxylic acids is 1. The quantitative estimate of drug-likeness (QED) is 0.608. The van der Waals surface area contributed by atoms with Gasteiger partial charge in [-0.05, 0) is 14.9 Å². The number of rotatable bonds is 3. The average molecular weight is 377 g/mol. The molecule has 7 heteroatoms. The Morgan fingerprint density at radius 2 is 1.65 bits per heavy atom. The minimum Gasteiger partial charge on any atom is -0.293 e. The van der Waals surface area contributed by atoms with E-state index in [1.807, 2.05) is 47.6 Å². The highest BCUT2D eigenvalue weighted by atomic mass is 32.2. The van der Waals surface area contributed by atoms with Crippen LogP contribution >= 0.6 is 0 Å². The number of carbonyl (C=O) groups is 1. The molecule has 2 aromatic rings. The highest BCUT2D eigenvalue weighted by molar-refractivity contribution is 8.03. The fraction of sp³-hybridized carbons (Fsp3) is 0.526. The van der Waals surface area contributed by atoms with Crippen LogP contribution < -0.4 is 0 Å². The first kappa shape index (κ1) is 20.3. The minimum absolute atomic E-state index is 0.157. The van der Waals surface area contributed by atoms with Crippen molar-refractivity contribution in [2.75, 3.05) is 12.5 Å². The maximum absolute atomic E-state index is 13.2. The molecule has 0 aliphatic carbocycles. The summed E-state index contributed by atoms with van der Waals surface area (Å²) in [7, 11) is -2.57. The Hall–Kier alpha value is -2.02. The van der Waals surface area contributed by atoms with Crippen LogP contribution in [0.4, 0.5) is 0 Å². The summed E-state index contributed by atoms with van der Waals surface area (Å²) >= 11 is 0. The van der Waals surface area contributed by atoms with E-state index in [-0.39, 0.29) is 16.1 Å². The summed E-state index contributed by atoms with van der Waals surface area (Å²) in [6, 6.07) is 0. The minimum atomic E-state index is -2.57. The fourth-order valence-corrected chi connectivity index (χ4v) is 3.91.